The molecule has 2 aromatic rings. The maximum Gasteiger partial charge on any atom is 0.310 e. The van der Waals surface area contributed by atoms with Gasteiger partial charge in [-0.3, -0.25) is 4.79 Å². The summed E-state index contributed by atoms with van der Waals surface area (Å²) >= 11 is 0. The second kappa shape index (κ2) is 9.21. The van der Waals surface area contributed by atoms with Crippen molar-refractivity contribution in [3.63, 3.8) is 0 Å². The highest BCUT2D eigenvalue weighted by Gasteiger charge is 2.47. The van der Waals surface area contributed by atoms with Gasteiger partial charge >= 0.3 is 5.97 Å². The third-order valence-electron chi connectivity index (χ3n) is 8.90. The maximum atomic E-state index is 13.5. The molecule has 3 nitrogen and oxygen atoms in total. The Hall–Kier alpha value is -2.20. The maximum absolute atomic E-state index is 13.5. The highest BCUT2D eigenvalue weighted by atomic mass is 19.1. The predicted octanol–water partition coefficient (Wildman–Crippen LogP) is 6.29. The molecular weight excluding hydrogens is 413 g/mol. The number of likely N-dealkylation sites (tertiary alicyclic amines) is 1. The molecule has 176 valence electrons. The summed E-state index contributed by atoms with van der Waals surface area (Å²) in [5.74, 6) is 0.701. The summed E-state index contributed by atoms with van der Waals surface area (Å²) in [6.07, 6.45) is 9.63. The molecule has 0 bridgehead atoms. The van der Waals surface area contributed by atoms with E-state index in [0.29, 0.717) is 12.5 Å². The van der Waals surface area contributed by atoms with E-state index in [-0.39, 0.29) is 11.2 Å². The fourth-order valence-electron chi connectivity index (χ4n) is 6.37. The summed E-state index contributed by atoms with van der Waals surface area (Å²) in [7, 11) is 0. The summed E-state index contributed by atoms with van der Waals surface area (Å²) in [5, 5.41) is 9.75. The minimum absolute atomic E-state index is 0.175. The van der Waals surface area contributed by atoms with Gasteiger partial charge in [0.15, 0.2) is 0 Å². The van der Waals surface area contributed by atoms with Crippen molar-refractivity contribution < 1.29 is 14.3 Å². The smallest absolute Gasteiger partial charge is 0.310 e. The van der Waals surface area contributed by atoms with E-state index >= 15 is 0 Å². The molecule has 0 aromatic heterocycles. The van der Waals surface area contributed by atoms with Crippen molar-refractivity contribution in [3.05, 3.63) is 71.5 Å². The van der Waals surface area contributed by atoms with Gasteiger partial charge in [-0.05, 0) is 105 Å². The Morgan fingerprint density at radius 3 is 2.30 bits per heavy atom. The van der Waals surface area contributed by atoms with E-state index in [0.717, 1.165) is 57.5 Å². The number of nitrogens with zero attached hydrogens (tertiary/aromatic N) is 1. The molecule has 2 aliphatic carbocycles. The Kier molecular flexibility index (Phi) is 6.30. The fourth-order valence-corrected chi connectivity index (χ4v) is 6.37. The third-order valence-corrected chi connectivity index (χ3v) is 8.90. The number of piperidine rings is 1. The van der Waals surface area contributed by atoms with Crippen LogP contribution in [0.5, 0.6) is 0 Å². The first-order valence-electron chi connectivity index (χ1n) is 12.7. The molecule has 1 unspecified atom stereocenters. The molecule has 5 rings (SSSR count). The summed E-state index contributed by atoms with van der Waals surface area (Å²) < 4.78 is 13.5. The molecular formula is C29H36FNO2. The summed E-state index contributed by atoms with van der Waals surface area (Å²) in [6.45, 7) is 2.65. The monoisotopic (exact) mass is 449 g/mol. The van der Waals surface area contributed by atoms with Gasteiger partial charge in [-0.2, -0.15) is 0 Å². The van der Waals surface area contributed by atoms with Crippen molar-refractivity contribution in [1.82, 2.24) is 4.90 Å². The van der Waals surface area contributed by atoms with Gasteiger partial charge in [0.25, 0.3) is 0 Å². The normalized spacial score (nSPS) is 25.8. The minimum Gasteiger partial charge on any atom is -0.481 e. The van der Waals surface area contributed by atoms with E-state index in [1.165, 1.54) is 30.4 Å². The number of carboxylic acids is 1. The zero-order valence-corrected chi connectivity index (χ0v) is 19.5. The van der Waals surface area contributed by atoms with Gasteiger partial charge in [0, 0.05) is 6.54 Å². The first-order chi connectivity index (χ1) is 16.0. The number of rotatable bonds is 9. The van der Waals surface area contributed by atoms with Crippen LogP contribution < -0.4 is 0 Å². The van der Waals surface area contributed by atoms with E-state index in [2.05, 4.69) is 35.2 Å². The predicted molar refractivity (Wildman–Crippen MR) is 129 cm³/mol. The Balaban J connectivity index is 1.23. The third kappa shape index (κ3) is 5.01. The van der Waals surface area contributed by atoms with Gasteiger partial charge in [0.2, 0.25) is 0 Å². The molecule has 1 aliphatic heterocycles. The zero-order chi connectivity index (χ0) is 22.9. The second-order valence-corrected chi connectivity index (χ2v) is 11.1. The van der Waals surface area contributed by atoms with Crippen molar-refractivity contribution in [2.24, 2.45) is 16.7 Å². The molecule has 33 heavy (non-hydrogen) atoms. The molecule has 2 aromatic carbocycles. The molecule has 1 heterocycles. The highest BCUT2D eigenvalue weighted by Crippen LogP contribution is 2.53. The number of carboxylic acid groups (broad SMARTS) is 1. The lowest BCUT2D eigenvalue weighted by molar-refractivity contribution is -0.156. The van der Waals surface area contributed by atoms with Crippen LogP contribution in [0.15, 0.2) is 54.6 Å². The Morgan fingerprint density at radius 1 is 1.00 bits per heavy atom. The van der Waals surface area contributed by atoms with E-state index in [4.69, 9.17) is 0 Å². The van der Waals surface area contributed by atoms with Gasteiger partial charge in [0.1, 0.15) is 5.82 Å². The van der Waals surface area contributed by atoms with Crippen LogP contribution in [-0.2, 0) is 11.2 Å². The lowest BCUT2D eigenvalue weighted by atomic mass is 9.67. The number of hydrogen-bond donors (Lipinski definition) is 1. The molecule has 1 N–H and O–H groups in total. The summed E-state index contributed by atoms with van der Waals surface area (Å²) in [6, 6.07) is 17.9. The minimum atomic E-state index is -0.613. The molecule has 0 amide bonds. The lowest BCUT2D eigenvalue weighted by Gasteiger charge is -2.47. The topological polar surface area (TPSA) is 40.5 Å². The molecule has 1 saturated heterocycles. The summed E-state index contributed by atoms with van der Waals surface area (Å²) in [5.41, 5.74) is 2.42. The number of carbonyl (C=O) groups is 1. The molecule has 4 heteroatoms. The molecule has 2 saturated carbocycles. The molecule has 3 fully saturated rings. The van der Waals surface area contributed by atoms with Crippen LogP contribution >= 0.6 is 0 Å². The number of aliphatic carboxylic acids is 1. The van der Waals surface area contributed by atoms with Crippen molar-refractivity contribution in [3.8, 4) is 0 Å². The molecule has 0 radical (unpaired) electrons. The van der Waals surface area contributed by atoms with Crippen LogP contribution in [0.1, 0.15) is 68.4 Å². The first-order valence-corrected chi connectivity index (χ1v) is 12.7. The van der Waals surface area contributed by atoms with Gasteiger partial charge in [-0.25, -0.2) is 4.39 Å². The van der Waals surface area contributed by atoms with Crippen LogP contribution in [0.3, 0.4) is 0 Å². The van der Waals surface area contributed by atoms with Crippen molar-refractivity contribution >= 4 is 5.97 Å². The Morgan fingerprint density at radius 2 is 1.70 bits per heavy atom. The fraction of sp³-hybridized carbons (Fsp3) is 0.552. The van der Waals surface area contributed by atoms with Crippen LogP contribution in [0, 0.1) is 22.6 Å². The molecule has 3 aliphatic rings. The second-order valence-electron chi connectivity index (χ2n) is 11.1. The zero-order valence-electron chi connectivity index (χ0n) is 19.5. The standard InChI is InChI=1S/C29H36FNO2/c30-25-9-7-22(8-10-25)20-28(14-11-24-19-26(24)23-5-2-1-3-6-23)15-17-31(18-16-28)21-29(27(32)33)12-4-13-29/h1-3,5-10,24,26H,4,11-21H2,(H,32,33)/t24-,26?/m1/s1. The Bertz CT molecular complexity index is 945. The van der Waals surface area contributed by atoms with Gasteiger partial charge in [-0.15, -0.1) is 0 Å². The van der Waals surface area contributed by atoms with Crippen molar-refractivity contribution in [1.29, 1.82) is 0 Å². The van der Waals surface area contributed by atoms with Crippen molar-refractivity contribution in [2.75, 3.05) is 19.6 Å². The van der Waals surface area contributed by atoms with Gasteiger partial charge < -0.3 is 10.0 Å². The average molecular weight is 450 g/mol. The average Bonchev–Trinajstić information content (AvgIpc) is 3.58. The quantitative estimate of drug-likeness (QED) is 0.489. The van der Waals surface area contributed by atoms with Crippen LogP contribution in [-0.4, -0.2) is 35.6 Å². The first kappa shape index (κ1) is 22.6. The number of hydrogen-bond acceptors (Lipinski definition) is 2. The van der Waals surface area contributed by atoms with E-state index in [1.54, 1.807) is 12.1 Å². The van der Waals surface area contributed by atoms with E-state index in [9.17, 15) is 14.3 Å². The van der Waals surface area contributed by atoms with E-state index < -0.39 is 11.4 Å². The van der Waals surface area contributed by atoms with Crippen LogP contribution in [0.25, 0.3) is 0 Å². The van der Waals surface area contributed by atoms with Gasteiger partial charge in [0.05, 0.1) is 5.41 Å². The van der Waals surface area contributed by atoms with Gasteiger partial charge in [-0.1, -0.05) is 48.9 Å². The SMILES string of the molecule is O=C(O)C1(CN2CCC(CC[C@@H]3CC3c3ccccc3)(Cc3ccc(F)cc3)CC2)CCC1. The van der Waals surface area contributed by atoms with Crippen LogP contribution in [0.4, 0.5) is 4.39 Å². The van der Waals surface area contributed by atoms with Crippen LogP contribution in [0.2, 0.25) is 0 Å². The molecule has 0 spiro atoms. The van der Waals surface area contributed by atoms with Crippen molar-refractivity contribution in [2.45, 2.75) is 63.7 Å². The van der Waals surface area contributed by atoms with E-state index in [1.807, 2.05) is 12.1 Å². The molecule has 2 atom stereocenters. The summed E-state index contributed by atoms with van der Waals surface area (Å²) in [4.78, 5) is 14.3. The Labute approximate surface area is 197 Å². The number of benzene rings is 2. The lowest BCUT2D eigenvalue weighted by Crippen LogP contribution is -2.51. The number of halogens is 1. The largest absolute Gasteiger partial charge is 0.481 e. The highest BCUT2D eigenvalue weighted by molar-refractivity contribution is 5.76.